The van der Waals surface area contributed by atoms with Crippen LogP contribution < -0.4 is 10.6 Å². The minimum absolute atomic E-state index is 0.369. The van der Waals surface area contributed by atoms with Gasteiger partial charge in [0.25, 0.3) is 0 Å². The lowest BCUT2D eigenvalue weighted by Gasteiger charge is -2.28. The van der Waals surface area contributed by atoms with Crippen LogP contribution in [-0.2, 0) is 4.74 Å². The highest BCUT2D eigenvalue weighted by Gasteiger charge is 2.30. The van der Waals surface area contributed by atoms with Crippen molar-refractivity contribution < 1.29 is 4.74 Å². The van der Waals surface area contributed by atoms with E-state index in [2.05, 4.69) is 17.6 Å². The van der Waals surface area contributed by atoms with Crippen molar-refractivity contribution in [3.8, 4) is 0 Å². The largest absolute Gasteiger partial charge is 0.383 e. The summed E-state index contributed by atoms with van der Waals surface area (Å²) in [5, 5.41) is 7.03. The second-order valence-corrected chi connectivity index (χ2v) is 3.83. The molecule has 1 rings (SSSR count). The van der Waals surface area contributed by atoms with Crippen molar-refractivity contribution in [3.05, 3.63) is 0 Å². The number of ether oxygens (including phenoxy) is 1. The summed E-state index contributed by atoms with van der Waals surface area (Å²) < 4.78 is 4.99. The first kappa shape index (κ1) is 11.0. The predicted molar refractivity (Wildman–Crippen MR) is 55.0 cm³/mol. The smallest absolute Gasteiger partial charge is 0.0587 e. The highest BCUT2D eigenvalue weighted by molar-refractivity contribution is 4.93. The summed E-state index contributed by atoms with van der Waals surface area (Å²) in [6.45, 7) is 6.28. The fourth-order valence-electron chi connectivity index (χ4n) is 1.95. The summed E-state index contributed by atoms with van der Waals surface area (Å²) >= 11 is 0. The average molecular weight is 186 g/mol. The molecule has 1 heterocycles. The molecule has 1 atom stereocenters. The van der Waals surface area contributed by atoms with Crippen LogP contribution in [0.15, 0.2) is 0 Å². The Balaban J connectivity index is 2.16. The molecule has 2 N–H and O–H groups in total. The van der Waals surface area contributed by atoms with Crippen LogP contribution in [0.1, 0.15) is 26.2 Å². The number of hydrogen-bond acceptors (Lipinski definition) is 3. The Morgan fingerprint density at radius 2 is 2.38 bits per heavy atom. The topological polar surface area (TPSA) is 33.3 Å². The van der Waals surface area contributed by atoms with Gasteiger partial charge in [-0.3, -0.25) is 0 Å². The summed E-state index contributed by atoms with van der Waals surface area (Å²) in [4.78, 5) is 0. The van der Waals surface area contributed by atoms with Gasteiger partial charge in [-0.25, -0.2) is 0 Å². The second-order valence-electron chi connectivity index (χ2n) is 3.83. The monoisotopic (exact) mass is 186 g/mol. The minimum atomic E-state index is 0.369. The Bertz CT molecular complexity index is 133. The van der Waals surface area contributed by atoms with Gasteiger partial charge in [0.1, 0.15) is 0 Å². The van der Waals surface area contributed by atoms with E-state index in [0.29, 0.717) is 5.54 Å². The van der Waals surface area contributed by atoms with Crippen LogP contribution in [-0.4, -0.2) is 38.9 Å². The second kappa shape index (κ2) is 5.58. The van der Waals surface area contributed by atoms with Crippen LogP contribution in [0.3, 0.4) is 0 Å². The summed E-state index contributed by atoms with van der Waals surface area (Å²) in [7, 11) is 1.74. The first-order valence-corrected chi connectivity index (χ1v) is 5.28. The minimum Gasteiger partial charge on any atom is -0.383 e. The quantitative estimate of drug-likeness (QED) is 0.601. The van der Waals surface area contributed by atoms with E-state index in [1.54, 1.807) is 7.11 Å². The summed E-state index contributed by atoms with van der Waals surface area (Å²) in [6, 6.07) is 0. The molecule has 78 valence electrons. The normalized spacial score (nSPS) is 28.2. The van der Waals surface area contributed by atoms with Gasteiger partial charge in [-0.15, -0.1) is 0 Å². The molecule has 0 radical (unpaired) electrons. The van der Waals surface area contributed by atoms with Gasteiger partial charge >= 0.3 is 0 Å². The Labute approximate surface area is 81.2 Å². The van der Waals surface area contributed by atoms with Crippen molar-refractivity contribution in [2.45, 2.75) is 31.7 Å². The first-order valence-electron chi connectivity index (χ1n) is 5.28. The van der Waals surface area contributed by atoms with Gasteiger partial charge in [0, 0.05) is 25.7 Å². The molecule has 3 nitrogen and oxygen atoms in total. The van der Waals surface area contributed by atoms with Crippen LogP contribution in [0.25, 0.3) is 0 Å². The van der Waals surface area contributed by atoms with Crippen LogP contribution in [0.4, 0.5) is 0 Å². The molecule has 1 unspecified atom stereocenters. The maximum atomic E-state index is 4.99. The highest BCUT2D eigenvalue weighted by Crippen LogP contribution is 2.21. The van der Waals surface area contributed by atoms with Crippen LogP contribution in [0.5, 0.6) is 0 Å². The van der Waals surface area contributed by atoms with Crippen LogP contribution >= 0.6 is 0 Å². The fourth-order valence-corrected chi connectivity index (χ4v) is 1.95. The van der Waals surface area contributed by atoms with E-state index in [1.807, 2.05) is 0 Å². The van der Waals surface area contributed by atoms with Gasteiger partial charge < -0.3 is 15.4 Å². The number of rotatable bonds is 6. The predicted octanol–water partition coefficient (Wildman–Crippen LogP) is 0.755. The molecule has 0 aromatic carbocycles. The van der Waals surface area contributed by atoms with Crippen molar-refractivity contribution in [2.24, 2.45) is 0 Å². The Kier molecular flexibility index (Phi) is 4.70. The van der Waals surface area contributed by atoms with E-state index >= 15 is 0 Å². The zero-order chi connectivity index (χ0) is 9.57. The highest BCUT2D eigenvalue weighted by atomic mass is 16.5. The van der Waals surface area contributed by atoms with Crippen LogP contribution in [0.2, 0.25) is 0 Å². The molecule has 0 aromatic heterocycles. The zero-order valence-electron chi connectivity index (χ0n) is 8.86. The van der Waals surface area contributed by atoms with Crippen molar-refractivity contribution in [1.82, 2.24) is 10.6 Å². The lowest BCUT2D eigenvalue weighted by atomic mass is 9.94. The number of hydrogen-bond donors (Lipinski definition) is 2. The molecule has 1 aliphatic rings. The third-order valence-electron chi connectivity index (χ3n) is 2.96. The number of methoxy groups -OCH3 is 1. The maximum absolute atomic E-state index is 4.99. The van der Waals surface area contributed by atoms with Crippen molar-refractivity contribution in [1.29, 1.82) is 0 Å². The molecule has 1 fully saturated rings. The molecule has 13 heavy (non-hydrogen) atoms. The Hall–Kier alpha value is -0.120. The molecule has 1 aliphatic heterocycles. The van der Waals surface area contributed by atoms with Crippen molar-refractivity contribution in [2.75, 3.05) is 33.4 Å². The lowest BCUT2D eigenvalue weighted by molar-refractivity contribution is 0.195. The molecule has 0 saturated carbocycles. The van der Waals surface area contributed by atoms with E-state index in [4.69, 9.17) is 4.74 Å². The average Bonchev–Trinajstić information content (AvgIpc) is 2.62. The molecular weight excluding hydrogens is 164 g/mol. The number of nitrogens with one attached hydrogen (secondary N) is 2. The third kappa shape index (κ3) is 3.25. The molecule has 0 aromatic rings. The zero-order valence-corrected chi connectivity index (χ0v) is 8.86. The van der Waals surface area contributed by atoms with Gasteiger partial charge in [-0.2, -0.15) is 0 Å². The standard InChI is InChI=1S/C10H22N2O/c1-3-10(5-4-6-12-10)9-11-7-8-13-2/h11-12H,3-9H2,1-2H3. The molecule has 0 bridgehead atoms. The lowest BCUT2D eigenvalue weighted by Crippen LogP contribution is -2.48. The Morgan fingerprint density at radius 3 is 2.92 bits per heavy atom. The van der Waals surface area contributed by atoms with E-state index in [1.165, 1.54) is 25.8 Å². The molecule has 0 aliphatic carbocycles. The molecular formula is C10H22N2O. The van der Waals surface area contributed by atoms with Crippen molar-refractivity contribution in [3.63, 3.8) is 0 Å². The Morgan fingerprint density at radius 1 is 1.54 bits per heavy atom. The molecule has 1 saturated heterocycles. The first-order chi connectivity index (χ1) is 6.33. The fraction of sp³-hybridized carbons (Fsp3) is 1.00. The van der Waals surface area contributed by atoms with E-state index < -0.39 is 0 Å². The van der Waals surface area contributed by atoms with Gasteiger partial charge in [0.15, 0.2) is 0 Å². The van der Waals surface area contributed by atoms with Gasteiger partial charge in [0.05, 0.1) is 6.61 Å². The summed E-state index contributed by atoms with van der Waals surface area (Å²) in [5.41, 5.74) is 0.369. The maximum Gasteiger partial charge on any atom is 0.0587 e. The SMILES string of the molecule is CCC1(CNCCOC)CCCN1. The van der Waals surface area contributed by atoms with Crippen molar-refractivity contribution >= 4 is 0 Å². The third-order valence-corrected chi connectivity index (χ3v) is 2.96. The van der Waals surface area contributed by atoms with Crippen LogP contribution in [0, 0.1) is 0 Å². The summed E-state index contributed by atoms with van der Waals surface area (Å²) in [5.74, 6) is 0. The van der Waals surface area contributed by atoms with E-state index in [0.717, 1.165) is 19.7 Å². The molecule has 0 spiro atoms. The molecule has 3 heteroatoms. The van der Waals surface area contributed by atoms with Gasteiger partial charge in [-0.1, -0.05) is 6.92 Å². The van der Waals surface area contributed by atoms with E-state index in [-0.39, 0.29) is 0 Å². The molecule has 0 amide bonds. The van der Waals surface area contributed by atoms with Gasteiger partial charge in [0.2, 0.25) is 0 Å². The summed E-state index contributed by atoms with van der Waals surface area (Å²) in [6.07, 6.45) is 3.84. The van der Waals surface area contributed by atoms with E-state index in [9.17, 15) is 0 Å². The van der Waals surface area contributed by atoms with Gasteiger partial charge in [-0.05, 0) is 25.8 Å².